The number of likely N-dealkylation sites (tertiary alicyclic amines) is 1. The van der Waals surface area contributed by atoms with Crippen LogP contribution >= 0.6 is 0 Å². The molecule has 0 bridgehead atoms. The van der Waals surface area contributed by atoms with Crippen molar-refractivity contribution >= 4 is 5.91 Å². The number of rotatable bonds is 1. The van der Waals surface area contributed by atoms with Gasteiger partial charge in [0.25, 0.3) is 5.91 Å². The second-order valence-corrected chi connectivity index (χ2v) is 4.66. The van der Waals surface area contributed by atoms with Crippen LogP contribution in [0.2, 0.25) is 0 Å². The quantitative estimate of drug-likeness (QED) is 0.649. The number of amides is 1. The average Bonchev–Trinajstić information content (AvgIpc) is 2.54. The van der Waals surface area contributed by atoms with Crippen molar-refractivity contribution in [1.29, 1.82) is 0 Å². The Kier molecular flexibility index (Phi) is 3.26. The average molecular weight is 212 g/mol. The van der Waals surface area contributed by atoms with Crippen LogP contribution in [0.15, 0.2) is 0 Å². The lowest BCUT2D eigenvalue weighted by molar-refractivity contribution is -0.149. The highest BCUT2D eigenvalue weighted by atomic mass is 16.3. The molecule has 4 heteroatoms. The van der Waals surface area contributed by atoms with Crippen LogP contribution < -0.4 is 5.32 Å². The number of nitrogens with one attached hydrogen (secondary N) is 1. The summed E-state index contributed by atoms with van der Waals surface area (Å²) in [6, 6.07) is 0. The Balaban J connectivity index is 1.98. The Hall–Kier alpha value is -0.610. The van der Waals surface area contributed by atoms with E-state index >= 15 is 0 Å². The Bertz CT molecular complexity index is 229. The van der Waals surface area contributed by atoms with Gasteiger partial charge in [0.2, 0.25) is 0 Å². The van der Waals surface area contributed by atoms with E-state index in [0.29, 0.717) is 13.0 Å². The highest BCUT2D eigenvalue weighted by Crippen LogP contribution is 2.20. The van der Waals surface area contributed by atoms with Crippen LogP contribution in [0, 0.1) is 0 Å². The molecule has 0 aliphatic carbocycles. The van der Waals surface area contributed by atoms with Crippen LogP contribution in [0.3, 0.4) is 0 Å². The van der Waals surface area contributed by atoms with E-state index in [1.54, 1.807) is 0 Å². The standard InChI is InChI=1S/C11H20N2O2/c14-10(11(15)5-6-12-9-11)13-7-3-1-2-4-8-13/h12,15H,1-9H2. The number of β-amino-alcohol motifs (C(OH)–C–C–N with tert-alkyl or cyclic N) is 1. The maximum atomic E-state index is 12.1. The lowest BCUT2D eigenvalue weighted by Crippen LogP contribution is -2.50. The van der Waals surface area contributed by atoms with Crippen LogP contribution in [0.1, 0.15) is 32.1 Å². The van der Waals surface area contributed by atoms with E-state index in [-0.39, 0.29) is 5.91 Å². The van der Waals surface area contributed by atoms with E-state index in [9.17, 15) is 9.90 Å². The lowest BCUT2D eigenvalue weighted by Gasteiger charge is -2.29. The van der Waals surface area contributed by atoms with Crippen molar-refractivity contribution in [3.63, 3.8) is 0 Å². The third-order valence-electron chi connectivity index (χ3n) is 3.42. The molecule has 2 aliphatic rings. The summed E-state index contributed by atoms with van der Waals surface area (Å²) in [6.07, 6.45) is 5.13. The first-order chi connectivity index (χ1) is 7.22. The predicted molar refractivity (Wildman–Crippen MR) is 57.5 cm³/mol. The molecule has 2 rings (SSSR count). The Morgan fingerprint density at radius 1 is 1.20 bits per heavy atom. The summed E-state index contributed by atoms with van der Waals surface area (Å²) in [4.78, 5) is 14.0. The molecule has 2 aliphatic heterocycles. The summed E-state index contributed by atoms with van der Waals surface area (Å²) in [5.74, 6) is -0.0607. The smallest absolute Gasteiger partial charge is 0.255 e. The van der Waals surface area contributed by atoms with E-state index < -0.39 is 5.60 Å². The second kappa shape index (κ2) is 4.49. The molecule has 0 saturated carbocycles. The van der Waals surface area contributed by atoms with Gasteiger partial charge >= 0.3 is 0 Å². The van der Waals surface area contributed by atoms with Gasteiger partial charge in [-0.2, -0.15) is 0 Å². The van der Waals surface area contributed by atoms with Crippen molar-refractivity contribution in [2.45, 2.75) is 37.7 Å². The molecule has 86 valence electrons. The van der Waals surface area contributed by atoms with Crippen LogP contribution in [0.25, 0.3) is 0 Å². The van der Waals surface area contributed by atoms with Crippen LogP contribution in [-0.2, 0) is 4.79 Å². The van der Waals surface area contributed by atoms with E-state index in [0.717, 1.165) is 32.5 Å². The molecule has 0 aromatic rings. The maximum absolute atomic E-state index is 12.1. The van der Waals surface area contributed by atoms with Gasteiger partial charge in [-0.15, -0.1) is 0 Å². The normalized spacial score (nSPS) is 32.7. The summed E-state index contributed by atoms with van der Waals surface area (Å²) in [7, 11) is 0. The zero-order chi connectivity index (χ0) is 10.7. The first-order valence-electron chi connectivity index (χ1n) is 5.95. The van der Waals surface area contributed by atoms with Crippen LogP contribution in [0.5, 0.6) is 0 Å². The Labute approximate surface area is 90.6 Å². The van der Waals surface area contributed by atoms with Crippen LogP contribution in [0.4, 0.5) is 0 Å². The SMILES string of the molecule is O=C(N1CCCCCC1)C1(O)CCNC1. The van der Waals surface area contributed by atoms with Gasteiger partial charge in [0.05, 0.1) is 0 Å². The highest BCUT2D eigenvalue weighted by molar-refractivity contribution is 5.85. The number of hydrogen-bond donors (Lipinski definition) is 2. The fraction of sp³-hybridized carbons (Fsp3) is 0.909. The molecule has 2 heterocycles. The fourth-order valence-electron chi connectivity index (χ4n) is 2.43. The molecule has 1 unspecified atom stereocenters. The third kappa shape index (κ3) is 2.32. The molecule has 4 nitrogen and oxygen atoms in total. The minimum atomic E-state index is -1.12. The third-order valence-corrected chi connectivity index (χ3v) is 3.42. The maximum Gasteiger partial charge on any atom is 0.255 e. The topological polar surface area (TPSA) is 52.6 Å². The molecule has 0 spiro atoms. The largest absolute Gasteiger partial charge is 0.379 e. The first kappa shape index (κ1) is 10.9. The molecular weight excluding hydrogens is 192 g/mol. The van der Waals surface area contributed by atoms with E-state index in [4.69, 9.17) is 0 Å². The lowest BCUT2D eigenvalue weighted by atomic mass is 10.0. The monoisotopic (exact) mass is 212 g/mol. The minimum Gasteiger partial charge on any atom is -0.379 e. The van der Waals surface area contributed by atoms with Crippen molar-refractivity contribution in [2.24, 2.45) is 0 Å². The zero-order valence-corrected chi connectivity index (χ0v) is 9.17. The van der Waals surface area contributed by atoms with Gasteiger partial charge in [0.1, 0.15) is 0 Å². The van der Waals surface area contributed by atoms with E-state index in [1.165, 1.54) is 12.8 Å². The summed E-state index contributed by atoms with van der Waals surface area (Å²) < 4.78 is 0. The highest BCUT2D eigenvalue weighted by Gasteiger charge is 2.41. The predicted octanol–water partition coefficient (Wildman–Crippen LogP) is 0.113. The Morgan fingerprint density at radius 3 is 2.40 bits per heavy atom. The molecule has 0 radical (unpaired) electrons. The summed E-state index contributed by atoms with van der Waals surface area (Å²) in [5.41, 5.74) is -1.12. The number of hydrogen-bond acceptors (Lipinski definition) is 3. The molecule has 0 aromatic carbocycles. The van der Waals surface area contributed by atoms with Gasteiger partial charge in [-0.05, 0) is 25.8 Å². The zero-order valence-electron chi connectivity index (χ0n) is 9.17. The van der Waals surface area contributed by atoms with Gasteiger partial charge in [-0.25, -0.2) is 0 Å². The van der Waals surface area contributed by atoms with Crippen molar-refractivity contribution in [3.8, 4) is 0 Å². The summed E-state index contributed by atoms with van der Waals surface area (Å²) >= 11 is 0. The summed E-state index contributed by atoms with van der Waals surface area (Å²) in [6.45, 7) is 2.81. The first-order valence-corrected chi connectivity index (χ1v) is 5.95. The van der Waals surface area contributed by atoms with Crippen molar-refractivity contribution in [1.82, 2.24) is 10.2 Å². The number of carbonyl (C=O) groups excluding carboxylic acids is 1. The fourth-order valence-corrected chi connectivity index (χ4v) is 2.43. The molecule has 1 amide bonds. The molecular formula is C11H20N2O2. The molecule has 0 aromatic heterocycles. The van der Waals surface area contributed by atoms with Gasteiger partial charge in [0, 0.05) is 19.6 Å². The minimum absolute atomic E-state index is 0.0607. The van der Waals surface area contributed by atoms with Gasteiger partial charge in [-0.3, -0.25) is 4.79 Å². The molecule has 1 atom stereocenters. The van der Waals surface area contributed by atoms with Crippen molar-refractivity contribution in [3.05, 3.63) is 0 Å². The van der Waals surface area contributed by atoms with Gasteiger partial charge in [-0.1, -0.05) is 12.8 Å². The second-order valence-electron chi connectivity index (χ2n) is 4.66. The van der Waals surface area contributed by atoms with Gasteiger partial charge in [0.15, 0.2) is 5.60 Å². The number of nitrogens with zero attached hydrogens (tertiary/aromatic N) is 1. The van der Waals surface area contributed by atoms with Crippen LogP contribution in [-0.4, -0.2) is 47.7 Å². The van der Waals surface area contributed by atoms with E-state index in [2.05, 4.69) is 5.32 Å². The molecule has 2 fully saturated rings. The number of aliphatic hydroxyl groups is 1. The molecule has 2 N–H and O–H groups in total. The van der Waals surface area contributed by atoms with Crippen molar-refractivity contribution in [2.75, 3.05) is 26.2 Å². The molecule has 15 heavy (non-hydrogen) atoms. The number of carbonyl (C=O) groups is 1. The summed E-state index contributed by atoms with van der Waals surface area (Å²) in [5, 5.41) is 13.2. The van der Waals surface area contributed by atoms with E-state index in [1.807, 2.05) is 4.90 Å². The van der Waals surface area contributed by atoms with Gasteiger partial charge < -0.3 is 15.3 Å². The Morgan fingerprint density at radius 2 is 1.87 bits per heavy atom. The molecule has 2 saturated heterocycles. The van der Waals surface area contributed by atoms with Crippen molar-refractivity contribution < 1.29 is 9.90 Å².